The van der Waals surface area contributed by atoms with Crippen molar-refractivity contribution in [2.24, 2.45) is 4.99 Å². The maximum atomic E-state index is 14.0. The number of nitrogens with zero attached hydrogens (tertiary/aromatic N) is 2. The quantitative estimate of drug-likeness (QED) is 0.224. The van der Waals surface area contributed by atoms with Crippen LogP contribution in [0.2, 0.25) is 5.02 Å². The molecule has 1 aromatic heterocycles. The fourth-order valence-electron chi connectivity index (χ4n) is 5.07. The van der Waals surface area contributed by atoms with Gasteiger partial charge in [0.05, 0.1) is 40.0 Å². The first kappa shape index (κ1) is 30.0. The molecule has 0 radical (unpaired) electrons. The van der Waals surface area contributed by atoms with Gasteiger partial charge in [0.1, 0.15) is 6.61 Å². The number of ether oxygens (including phenoxy) is 5. The number of esters is 1. The predicted molar refractivity (Wildman–Crippen MR) is 169 cm³/mol. The van der Waals surface area contributed by atoms with Crippen LogP contribution in [0.25, 0.3) is 6.08 Å². The Morgan fingerprint density at radius 2 is 1.98 bits per heavy atom. The molecule has 1 unspecified atom stereocenters. The van der Waals surface area contributed by atoms with Gasteiger partial charge in [0.15, 0.2) is 27.8 Å². The lowest BCUT2D eigenvalue weighted by atomic mass is 9.95. The van der Waals surface area contributed by atoms with Crippen molar-refractivity contribution in [3.05, 3.63) is 112 Å². The number of allylic oxidation sites excluding steroid dienone is 1. The molecule has 4 aromatic rings. The van der Waals surface area contributed by atoms with Crippen LogP contribution in [0.5, 0.6) is 23.0 Å². The van der Waals surface area contributed by atoms with Gasteiger partial charge in [-0.15, -0.1) is 0 Å². The first-order valence-electron chi connectivity index (χ1n) is 13.6. The molecule has 9 nitrogen and oxygen atoms in total. The molecule has 3 aromatic carbocycles. The lowest BCUT2D eigenvalue weighted by Crippen LogP contribution is -2.39. The molecule has 2 aliphatic rings. The maximum Gasteiger partial charge on any atom is 0.338 e. The van der Waals surface area contributed by atoms with Crippen LogP contribution in [0.15, 0.2) is 80.1 Å². The highest BCUT2D eigenvalue weighted by molar-refractivity contribution is 9.10. The molecule has 0 fully saturated rings. The Hall–Kier alpha value is -4.06. The van der Waals surface area contributed by atoms with Crippen molar-refractivity contribution >= 4 is 50.9 Å². The molecule has 0 saturated carbocycles. The number of aromatic nitrogens is 1. The van der Waals surface area contributed by atoms with Crippen LogP contribution in [0, 0.1) is 0 Å². The van der Waals surface area contributed by atoms with Gasteiger partial charge in [-0.05, 0) is 77.3 Å². The van der Waals surface area contributed by atoms with Crippen molar-refractivity contribution in [1.82, 2.24) is 4.57 Å². The van der Waals surface area contributed by atoms with E-state index in [0.717, 1.165) is 5.56 Å². The molecular formula is C32H26BrClN2O7S. The van der Waals surface area contributed by atoms with Gasteiger partial charge in [-0.2, -0.15) is 0 Å². The summed E-state index contributed by atoms with van der Waals surface area (Å²) in [7, 11) is 1.55. The fourth-order valence-corrected chi connectivity index (χ4v) is 6.88. The number of hydrogen-bond acceptors (Lipinski definition) is 9. The number of hydrogen-bond donors (Lipinski definition) is 0. The monoisotopic (exact) mass is 696 g/mol. The second-order valence-electron chi connectivity index (χ2n) is 9.83. The Labute approximate surface area is 269 Å². The number of halogens is 2. The third-order valence-electron chi connectivity index (χ3n) is 7.11. The Balaban J connectivity index is 1.42. The zero-order chi connectivity index (χ0) is 31.0. The van der Waals surface area contributed by atoms with E-state index in [-0.39, 0.29) is 31.1 Å². The van der Waals surface area contributed by atoms with Crippen molar-refractivity contribution in [3.8, 4) is 23.0 Å². The van der Waals surface area contributed by atoms with Gasteiger partial charge in [-0.25, -0.2) is 9.79 Å². The molecular weight excluding hydrogens is 672 g/mol. The average molecular weight is 698 g/mol. The number of rotatable bonds is 8. The van der Waals surface area contributed by atoms with E-state index in [4.69, 9.17) is 35.3 Å². The number of carbonyl (C=O) groups excluding carboxylic acids is 1. The van der Waals surface area contributed by atoms with Crippen molar-refractivity contribution < 1.29 is 28.5 Å². The zero-order valence-electron chi connectivity index (χ0n) is 23.9. The summed E-state index contributed by atoms with van der Waals surface area (Å²) in [6, 6.07) is 15.7. The summed E-state index contributed by atoms with van der Waals surface area (Å²) in [5.41, 5.74) is 2.66. The highest BCUT2D eigenvalue weighted by atomic mass is 79.9. The zero-order valence-corrected chi connectivity index (χ0v) is 27.0. The number of methoxy groups -OCH3 is 1. The summed E-state index contributed by atoms with van der Waals surface area (Å²) >= 11 is 11.1. The van der Waals surface area contributed by atoms with E-state index in [1.807, 2.05) is 30.3 Å². The average Bonchev–Trinajstić information content (AvgIpc) is 3.60. The van der Waals surface area contributed by atoms with Crippen LogP contribution in [0.4, 0.5) is 0 Å². The van der Waals surface area contributed by atoms with Crippen LogP contribution < -0.4 is 33.8 Å². The van der Waals surface area contributed by atoms with Crippen molar-refractivity contribution in [3.63, 3.8) is 0 Å². The molecule has 0 N–H and O–H groups in total. The van der Waals surface area contributed by atoms with Gasteiger partial charge in [-0.3, -0.25) is 9.36 Å². The van der Waals surface area contributed by atoms with Crippen LogP contribution in [0.3, 0.4) is 0 Å². The van der Waals surface area contributed by atoms with Crippen LogP contribution >= 0.6 is 38.9 Å². The van der Waals surface area contributed by atoms with E-state index in [2.05, 4.69) is 20.9 Å². The van der Waals surface area contributed by atoms with E-state index in [1.165, 1.54) is 15.9 Å². The topological polar surface area (TPSA) is 97.6 Å². The highest BCUT2D eigenvalue weighted by Crippen LogP contribution is 2.39. The van der Waals surface area contributed by atoms with Crippen molar-refractivity contribution in [2.75, 3.05) is 20.5 Å². The molecule has 12 heteroatoms. The molecule has 0 bridgehead atoms. The Morgan fingerprint density at radius 3 is 2.75 bits per heavy atom. The largest absolute Gasteiger partial charge is 0.493 e. The smallest absolute Gasteiger partial charge is 0.338 e. The SMILES string of the molecule is CCOC(=O)C1=C(C)N=c2sc(=Cc3cc(Br)c(OCc4ccccc4Cl)c(OC)c3)c(=O)n2C1c1ccc2c(c1)OCO2. The number of fused-ring (bicyclic) bond motifs is 2. The second kappa shape index (κ2) is 12.5. The second-order valence-corrected chi connectivity index (χ2v) is 12.1. The summed E-state index contributed by atoms with van der Waals surface area (Å²) in [5.74, 6) is 1.58. The minimum absolute atomic E-state index is 0.101. The van der Waals surface area contributed by atoms with Gasteiger partial charge in [0.25, 0.3) is 5.56 Å². The standard InChI is InChI=1S/C32H26BrClN2O7S/c1-4-40-31(38)27-17(2)35-32-36(28(27)19-9-10-23-24(14-19)43-16-42-23)30(37)26(44-32)13-18-11-21(33)29(25(12-18)39-3)41-15-20-7-5-6-8-22(20)34/h5-14,28H,4,15-16H2,1-3H3. The Bertz CT molecular complexity index is 2000. The van der Waals surface area contributed by atoms with Gasteiger partial charge in [0, 0.05) is 10.6 Å². The third kappa shape index (κ3) is 5.62. The summed E-state index contributed by atoms with van der Waals surface area (Å²) in [5, 5.41) is 0.606. The molecule has 3 heterocycles. The Kier molecular flexibility index (Phi) is 8.53. The van der Waals surface area contributed by atoms with E-state index >= 15 is 0 Å². The van der Waals surface area contributed by atoms with Crippen molar-refractivity contribution in [2.45, 2.75) is 26.5 Å². The van der Waals surface area contributed by atoms with Gasteiger partial charge in [-0.1, -0.05) is 47.2 Å². The summed E-state index contributed by atoms with van der Waals surface area (Å²) < 4.78 is 30.7. The normalized spacial score (nSPS) is 15.6. The van der Waals surface area contributed by atoms with Crippen molar-refractivity contribution in [1.29, 1.82) is 0 Å². The minimum atomic E-state index is -0.774. The van der Waals surface area contributed by atoms with Crippen LogP contribution in [-0.4, -0.2) is 31.0 Å². The first-order chi connectivity index (χ1) is 21.3. The van der Waals surface area contributed by atoms with E-state index in [0.29, 0.717) is 58.7 Å². The van der Waals surface area contributed by atoms with E-state index < -0.39 is 12.0 Å². The first-order valence-corrected chi connectivity index (χ1v) is 15.6. The van der Waals surface area contributed by atoms with Gasteiger partial charge in [0.2, 0.25) is 6.79 Å². The third-order valence-corrected chi connectivity index (χ3v) is 9.05. The number of carbonyl (C=O) groups is 1. The minimum Gasteiger partial charge on any atom is -0.493 e. The molecule has 1 atom stereocenters. The highest BCUT2D eigenvalue weighted by Gasteiger charge is 2.34. The number of benzene rings is 3. The lowest BCUT2D eigenvalue weighted by molar-refractivity contribution is -0.139. The van der Waals surface area contributed by atoms with Gasteiger partial charge < -0.3 is 23.7 Å². The molecule has 226 valence electrons. The van der Waals surface area contributed by atoms with E-state index in [1.54, 1.807) is 51.3 Å². The maximum absolute atomic E-state index is 14.0. The summed E-state index contributed by atoms with van der Waals surface area (Å²) in [6.45, 7) is 4.01. The molecule has 0 aliphatic carbocycles. The summed E-state index contributed by atoms with van der Waals surface area (Å²) in [4.78, 5) is 32.3. The predicted octanol–water partition coefficient (Wildman–Crippen LogP) is 5.53. The molecule has 6 rings (SSSR count). The molecule has 0 saturated heterocycles. The van der Waals surface area contributed by atoms with E-state index in [9.17, 15) is 9.59 Å². The summed E-state index contributed by atoms with van der Waals surface area (Å²) in [6.07, 6.45) is 1.76. The Morgan fingerprint density at radius 1 is 1.18 bits per heavy atom. The van der Waals surface area contributed by atoms with Gasteiger partial charge >= 0.3 is 5.97 Å². The fraction of sp³-hybridized carbons (Fsp3) is 0.219. The molecule has 0 spiro atoms. The lowest BCUT2D eigenvalue weighted by Gasteiger charge is -2.24. The molecule has 0 amide bonds. The number of thiazole rings is 1. The molecule has 2 aliphatic heterocycles. The van der Waals surface area contributed by atoms with Crippen LogP contribution in [0.1, 0.15) is 36.6 Å². The molecule has 44 heavy (non-hydrogen) atoms. The van der Waals surface area contributed by atoms with Crippen LogP contribution in [-0.2, 0) is 16.1 Å².